The fraction of sp³-hybridized carbons (Fsp3) is 0.312. The predicted octanol–water partition coefficient (Wildman–Crippen LogP) is 2.43. The Labute approximate surface area is 119 Å². The summed E-state index contributed by atoms with van der Waals surface area (Å²) in [5.41, 5.74) is 2.32. The standard InChI is InChI=1S/C16H20N2O2/c1-17-12-14-11-15(19-2)3-4-16(14)20-10-7-13-5-8-18-9-6-13/h3-6,8-9,11,17H,7,10,12H2,1-2H3. The smallest absolute Gasteiger partial charge is 0.124 e. The first-order valence-electron chi connectivity index (χ1n) is 6.66. The van der Waals surface area contributed by atoms with E-state index in [1.807, 2.05) is 37.4 Å². The Morgan fingerprint density at radius 3 is 2.65 bits per heavy atom. The Morgan fingerprint density at radius 1 is 1.15 bits per heavy atom. The molecule has 20 heavy (non-hydrogen) atoms. The molecule has 2 rings (SSSR count). The van der Waals surface area contributed by atoms with Gasteiger partial charge in [-0.3, -0.25) is 4.98 Å². The number of pyridine rings is 1. The average molecular weight is 272 g/mol. The van der Waals surface area contributed by atoms with E-state index in [0.717, 1.165) is 30.0 Å². The maximum atomic E-state index is 5.88. The lowest BCUT2D eigenvalue weighted by Gasteiger charge is -2.12. The van der Waals surface area contributed by atoms with Crippen LogP contribution in [0.3, 0.4) is 0 Å². The highest BCUT2D eigenvalue weighted by atomic mass is 16.5. The fourth-order valence-electron chi connectivity index (χ4n) is 1.98. The highest BCUT2D eigenvalue weighted by Crippen LogP contribution is 2.24. The number of benzene rings is 1. The fourth-order valence-corrected chi connectivity index (χ4v) is 1.98. The summed E-state index contributed by atoms with van der Waals surface area (Å²) >= 11 is 0. The summed E-state index contributed by atoms with van der Waals surface area (Å²) in [6.07, 6.45) is 4.47. The van der Waals surface area contributed by atoms with Gasteiger partial charge in [-0.1, -0.05) is 0 Å². The minimum absolute atomic E-state index is 0.646. The van der Waals surface area contributed by atoms with Gasteiger partial charge in [0, 0.05) is 30.9 Å². The van der Waals surface area contributed by atoms with Crippen molar-refractivity contribution in [1.29, 1.82) is 0 Å². The van der Waals surface area contributed by atoms with Gasteiger partial charge in [-0.25, -0.2) is 0 Å². The minimum atomic E-state index is 0.646. The van der Waals surface area contributed by atoms with E-state index < -0.39 is 0 Å². The molecule has 0 bridgehead atoms. The Bertz CT molecular complexity index is 529. The van der Waals surface area contributed by atoms with E-state index >= 15 is 0 Å². The van der Waals surface area contributed by atoms with E-state index in [1.54, 1.807) is 19.5 Å². The van der Waals surface area contributed by atoms with Crippen molar-refractivity contribution in [3.63, 3.8) is 0 Å². The van der Waals surface area contributed by atoms with Crippen LogP contribution in [0.15, 0.2) is 42.7 Å². The van der Waals surface area contributed by atoms with Crippen LogP contribution in [0.2, 0.25) is 0 Å². The third-order valence-electron chi connectivity index (χ3n) is 3.03. The SMILES string of the molecule is CNCc1cc(OC)ccc1OCCc1ccncc1. The van der Waals surface area contributed by atoms with Gasteiger partial charge in [0.05, 0.1) is 13.7 Å². The predicted molar refractivity (Wildman–Crippen MR) is 79.2 cm³/mol. The van der Waals surface area contributed by atoms with Crippen LogP contribution in [-0.2, 0) is 13.0 Å². The molecule has 4 nitrogen and oxygen atoms in total. The second-order valence-electron chi connectivity index (χ2n) is 4.46. The zero-order valence-corrected chi connectivity index (χ0v) is 11.9. The van der Waals surface area contributed by atoms with Crippen molar-refractivity contribution in [2.45, 2.75) is 13.0 Å². The maximum absolute atomic E-state index is 5.88. The molecule has 0 aliphatic rings. The lowest BCUT2D eigenvalue weighted by atomic mass is 10.2. The van der Waals surface area contributed by atoms with Gasteiger partial charge in [0.1, 0.15) is 11.5 Å². The third-order valence-corrected chi connectivity index (χ3v) is 3.03. The van der Waals surface area contributed by atoms with Gasteiger partial charge in [-0.2, -0.15) is 0 Å². The normalized spacial score (nSPS) is 10.3. The van der Waals surface area contributed by atoms with Gasteiger partial charge >= 0.3 is 0 Å². The first kappa shape index (κ1) is 14.3. The second-order valence-corrected chi connectivity index (χ2v) is 4.46. The van der Waals surface area contributed by atoms with Crippen molar-refractivity contribution < 1.29 is 9.47 Å². The van der Waals surface area contributed by atoms with E-state index in [9.17, 15) is 0 Å². The molecule has 1 aromatic heterocycles. The summed E-state index contributed by atoms with van der Waals surface area (Å²) in [4.78, 5) is 4.01. The number of methoxy groups -OCH3 is 1. The highest BCUT2D eigenvalue weighted by Gasteiger charge is 2.05. The number of nitrogens with one attached hydrogen (secondary N) is 1. The quantitative estimate of drug-likeness (QED) is 0.840. The number of aromatic nitrogens is 1. The second kappa shape index (κ2) is 7.50. The van der Waals surface area contributed by atoms with Crippen LogP contribution in [-0.4, -0.2) is 25.7 Å². The van der Waals surface area contributed by atoms with E-state index in [-0.39, 0.29) is 0 Å². The van der Waals surface area contributed by atoms with Crippen molar-refractivity contribution in [3.8, 4) is 11.5 Å². The molecule has 106 valence electrons. The molecule has 0 amide bonds. The molecule has 1 aromatic carbocycles. The van der Waals surface area contributed by atoms with Crippen molar-refractivity contribution in [3.05, 3.63) is 53.9 Å². The van der Waals surface area contributed by atoms with E-state index in [4.69, 9.17) is 9.47 Å². The summed E-state index contributed by atoms with van der Waals surface area (Å²) in [5, 5.41) is 3.14. The topological polar surface area (TPSA) is 43.4 Å². The van der Waals surface area contributed by atoms with E-state index in [1.165, 1.54) is 5.56 Å². The molecule has 0 saturated carbocycles. The molecule has 2 aromatic rings. The molecule has 0 radical (unpaired) electrons. The molecular formula is C16H20N2O2. The van der Waals surface area contributed by atoms with E-state index in [2.05, 4.69) is 10.3 Å². The molecule has 4 heteroatoms. The molecule has 0 aliphatic carbocycles. The van der Waals surface area contributed by atoms with Crippen molar-refractivity contribution in [1.82, 2.24) is 10.3 Å². The molecule has 0 atom stereocenters. The van der Waals surface area contributed by atoms with Crippen LogP contribution >= 0.6 is 0 Å². The molecule has 0 fully saturated rings. The summed E-state index contributed by atoms with van der Waals surface area (Å²) in [7, 11) is 3.59. The molecule has 1 heterocycles. The van der Waals surface area contributed by atoms with Crippen LogP contribution in [0.25, 0.3) is 0 Å². The molecule has 0 spiro atoms. The number of hydrogen-bond acceptors (Lipinski definition) is 4. The van der Waals surface area contributed by atoms with Gasteiger partial charge in [0.2, 0.25) is 0 Å². The van der Waals surface area contributed by atoms with Crippen LogP contribution < -0.4 is 14.8 Å². The van der Waals surface area contributed by atoms with Crippen LogP contribution in [0.1, 0.15) is 11.1 Å². The van der Waals surface area contributed by atoms with Crippen molar-refractivity contribution in [2.75, 3.05) is 20.8 Å². The Hall–Kier alpha value is -2.07. The van der Waals surface area contributed by atoms with Gasteiger partial charge in [-0.15, -0.1) is 0 Å². The first-order chi connectivity index (χ1) is 9.83. The summed E-state index contributed by atoms with van der Waals surface area (Å²) in [6, 6.07) is 9.88. The number of rotatable bonds is 7. The Morgan fingerprint density at radius 2 is 1.95 bits per heavy atom. The Kier molecular flexibility index (Phi) is 5.38. The minimum Gasteiger partial charge on any atom is -0.497 e. The number of ether oxygens (including phenoxy) is 2. The molecular weight excluding hydrogens is 252 g/mol. The highest BCUT2D eigenvalue weighted by molar-refractivity contribution is 5.40. The van der Waals surface area contributed by atoms with Gasteiger partial charge < -0.3 is 14.8 Å². The van der Waals surface area contributed by atoms with Crippen LogP contribution in [0.4, 0.5) is 0 Å². The number of hydrogen-bond donors (Lipinski definition) is 1. The summed E-state index contributed by atoms with van der Waals surface area (Å²) in [6.45, 7) is 1.40. The summed E-state index contributed by atoms with van der Waals surface area (Å²) in [5.74, 6) is 1.74. The van der Waals surface area contributed by atoms with Crippen molar-refractivity contribution >= 4 is 0 Å². The zero-order valence-electron chi connectivity index (χ0n) is 11.9. The van der Waals surface area contributed by atoms with Crippen LogP contribution in [0.5, 0.6) is 11.5 Å². The van der Waals surface area contributed by atoms with E-state index in [0.29, 0.717) is 6.61 Å². The lowest BCUT2D eigenvalue weighted by molar-refractivity contribution is 0.317. The van der Waals surface area contributed by atoms with Gasteiger partial charge in [0.25, 0.3) is 0 Å². The average Bonchev–Trinajstić information content (AvgIpc) is 2.50. The third kappa shape index (κ3) is 3.96. The maximum Gasteiger partial charge on any atom is 0.124 e. The summed E-state index contributed by atoms with van der Waals surface area (Å²) < 4.78 is 11.1. The van der Waals surface area contributed by atoms with Crippen molar-refractivity contribution in [2.24, 2.45) is 0 Å². The largest absolute Gasteiger partial charge is 0.497 e. The lowest BCUT2D eigenvalue weighted by Crippen LogP contribution is -2.09. The molecule has 0 unspecified atom stereocenters. The molecule has 0 saturated heterocycles. The molecule has 1 N–H and O–H groups in total. The Balaban J connectivity index is 1.98. The number of nitrogens with zero attached hydrogens (tertiary/aromatic N) is 1. The van der Waals surface area contributed by atoms with Gasteiger partial charge in [-0.05, 0) is 42.9 Å². The zero-order chi connectivity index (χ0) is 14.2. The first-order valence-corrected chi connectivity index (χ1v) is 6.66. The van der Waals surface area contributed by atoms with Crippen LogP contribution in [0, 0.1) is 0 Å². The van der Waals surface area contributed by atoms with Gasteiger partial charge in [0.15, 0.2) is 0 Å². The monoisotopic (exact) mass is 272 g/mol. The molecule has 0 aliphatic heterocycles.